The number of hydrogen-bond acceptors (Lipinski definition) is 3. The Labute approximate surface area is 104 Å². The molecule has 1 heterocycles. The second kappa shape index (κ2) is 4.09. The highest BCUT2D eigenvalue weighted by Crippen LogP contribution is 2.35. The molecule has 0 saturated heterocycles. The summed E-state index contributed by atoms with van der Waals surface area (Å²) < 4.78 is 5.32. The quantitative estimate of drug-likeness (QED) is 0.722. The SMILES string of the molecule is CC(=O)C1CCCc2c1c1ccccc1oc2=O. The van der Waals surface area contributed by atoms with Gasteiger partial charge in [0.25, 0.3) is 0 Å². The average molecular weight is 242 g/mol. The van der Waals surface area contributed by atoms with Gasteiger partial charge in [0.1, 0.15) is 11.4 Å². The van der Waals surface area contributed by atoms with Gasteiger partial charge < -0.3 is 4.42 Å². The van der Waals surface area contributed by atoms with E-state index in [-0.39, 0.29) is 17.3 Å². The summed E-state index contributed by atoms with van der Waals surface area (Å²) >= 11 is 0. The predicted molar refractivity (Wildman–Crippen MR) is 68.8 cm³/mol. The molecule has 0 fully saturated rings. The van der Waals surface area contributed by atoms with Crippen molar-refractivity contribution in [2.75, 3.05) is 0 Å². The molecule has 1 aromatic heterocycles. The molecule has 2 aromatic rings. The minimum atomic E-state index is -0.283. The first-order chi connectivity index (χ1) is 8.68. The van der Waals surface area contributed by atoms with Crippen molar-refractivity contribution in [2.45, 2.75) is 32.1 Å². The van der Waals surface area contributed by atoms with Crippen LogP contribution in [0.1, 0.15) is 36.8 Å². The van der Waals surface area contributed by atoms with Gasteiger partial charge in [-0.1, -0.05) is 18.2 Å². The molecule has 92 valence electrons. The lowest BCUT2D eigenvalue weighted by Gasteiger charge is -2.23. The van der Waals surface area contributed by atoms with Gasteiger partial charge in [-0.2, -0.15) is 0 Å². The fourth-order valence-electron chi connectivity index (χ4n) is 2.88. The van der Waals surface area contributed by atoms with Crippen LogP contribution in [0.4, 0.5) is 0 Å². The lowest BCUT2D eigenvalue weighted by Crippen LogP contribution is -2.22. The summed E-state index contributed by atoms with van der Waals surface area (Å²) in [6, 6.07) is 7.46. The van der Waals surface area contributed by atoms with Gasteiger partial charge in [0.05, 0.1) is 0 Å². The zero-order chi connectivity index (χ0) is 12.7. The monoisotopic (exact) mass is 242 g/mol. The number of benzene rings is 1. The fourth-order valence-corrected chi connectivity index (χ4v) is 2.88. The van der Waals surface area contributed by atoms with Crippen molar-refractivity contribution in [2.24, 2.45) is 0 Å². The minimum absolute atomic E-state index is 0.131. The second-order valence-electron chi connectivity index (χ2n) is 4.83. The van der Waals surface area contributed by atoms with Crippen molar-refractivity contribution in [3.05, 3.63) is 45.8 Å². The van der Waals surface area contributed by atoms with Crippen LogP contribution in [0.3, 0.4) is 0 Å². The molecule has 0 N–H and O–H groups in total. The minimum Gasteiger partial charge on any atom is -0.423 e. The van der Waals surface area contributed by atoms with Crippen LogP contribution in [0.2, 0.25) is 0 Å². The Bertz CT molecular complexity index is 682. The van der Waals surface area contributed by atoms with Crippen LogP contribution < -0.4 is 5.63 Å². The molecule has 1 aliphatic carbocycles. The molecule has 18 heavy (non-hydrogen) atoms. The van der Waals surface area contributed by atoms with E-state index in [1.807, 2.05) is 18.2 Å². The van der Waals surface area contributed by atoms with Gasteiger partial charge in [-0.25, -0.2) is 4.79 Å². The van der Waals surface area contributed by atoms with E-state index in [0.29, 0.717) is 17.6 Å². The standard InChI is InChI=1S/C15H14O3/c1-9(16)10-6-4-7-12-14(10)11-5-2-3-8-13(11)18-15(12)17/h2-3,5,8,10H,4,6-7H2,1H3. The van der Waals surface area contributed by atoms with Crippen LogP contribution in [0.5, 0.6) is 0 Å². The summed E-state index contributed by atoms with van der Waals surface area (Å²) in [5.41, 5.74) is 1.89. The molecule has 1 unspecified atom stereocenters. The summed E-state index contributed by atoms with van der Waals surface area (Å²) in [4.78, 5) is 23.8. The largest absolute Gasteiger partial charge is 0.423 e. The molecular formula is C15H14O3. The highest BCUT2D eigenvalue weighted by Gasteiger charge is 2.28. The summed E-state index contributed by atoms with van der Waals surface area (Å²) in [7, 11) is 0. The summed E-state index contributed by atoms with van der Waals surface area (Å²) in [6.45, 7) is 1.60. The first-order valence-corrected chi connectivity index (χ1v) is 6.23. The second-order valence-corrected chi connectivity index (χ2v) is 4.83. The van der Waals surface area contributed by atoms with Crippen LogP contribution in [0.25, 0.3) is 11.0 Å². The van der Waals surface area contributed by atoms with E-state index in [0.717, 1.165) is 23.8 Å². The van der Waals surface area contributed by atoms with Crippen molar-refractivity contribution in [1.29, 1.82) is 0 Å². The van der Waals surface area contributed by atoms with E-state index >= 15 is 0 Å². The molecule has 1 aliphatic rings. The maximum Gasteiger partial charge on any atom is 0.339 e. The van der Waals surface area contributed by atoms with Crippen molar-refractivity contribution in [1.82, 2.24) is 0 Å². The maximum atomic E-state index is 12.0. The van der Waals surface area contributed by atoms with Crippen LogP contribution in [-0.2, 0) is 11.2 Å². The molecule has 3 heteroatoms. The molecule has 0 aliphatic heterocycles. The number of para-hydroxylation sites is 1. The van der Waals surface area contributed by atoms with Gasteiger partial charge in [-0.15, -0.1) is 0 Å². The summed E-state index contributed by atoms with van der Waals surface area (Å²) in [5.74, 6) is -0.0190. The Morgan fingerprint density at radius 2 is 2.11 bits per heavy atom. The zero-order valence-corrected chi connectivity index (χ0v) is 10.2. The Kier molecular flexibility index (Phi) is 2.54. The molecule has 0 amide bonds. The maximum absolute atomic E-state index is 12.0. The van der Waals surface area contributed by atoms with Gasteiger partial charge in [-0.05, 0) is 37.8 Å². The van der Waals surface area contributed by atoms with Crippen LogP contribution in [0.15, 0.2) is 33.5 Å². The molecule has 1 aromatic carbocycles. The summed E-state index contributed by atoms with van der Waals surface area (Å²) in [6.07, 6.45) is 2.42. The van der Waals surface area contributed by atoms with E-state index < -0.39 is 0 Å². The number of ketones is 1. The Balaban J connectivity index is 2.41. The Hall–Kier alpha value is -1.90. The Morgan fingerprint density at radius 3 is 2.89 bits per heavy atom. The molecule has 0 radical (unpaired) electrons. The van der Waals surface area contributed by atoms with Gasteiger partial charge in [0, 0.05) is 16.9 Å². The number of hydrogen-bond donors (Lipinski definition) is 0. The highest BCUT2D eigenvalue weighted by molar-refractivity contribution is 5.91. The number of carbonyl (C=O) groups excluding carboxylic acids is 1. The lowest BCUT2D eigenvalue weighted by molar-refractivity contribution is -0.118. The van der Waals surface area contributed by atoms with Crippen molar-refractivity contribution in [3.63, 3.8) is 0 Å². The zero-order valence-electron chi connectivity index (χ0n) is 10.2. The van der Waals surface area contributed by atoms with Crippen LogP contribution in [-0.4, -0.2) is 5.78 Å². The van der Waals surface area contributed by atoms with Crippen molar-refractivity contribution in [3.8, 4) is 0 Å². The summed E-state index contributed by atoms with van der Waals surface area (Å²) in [5, 5.41) is 0.909. The number of fused-ring (bicyclic) bond motifs is 3. The third kappa shape index (κ3) is 1.58. The normalized spacial score (nSPS) is 18.6. The third-order valence-corrected chi connectivity index (χ3v) is 3.71. The number of carbonyl (C=O) groups is 1. The van der Waals surface area contributed by atoms with Gasteiger partial charge in [0.2, 0.25) is 0 Å². The molecule has 1 atom stereocenters. The van der Waals surface area contributed by atoms with E-state index in [9.17, 15) is 9.59 Å². The fraction of sp³-hybridized carbons (Fsp3) is 0.333. The van der Waals surface area contributed by atoms with E-state index in [1.54, 1.807) is 13.0 Å². The number of Topliss-reactive ketones (excluding diaryl/α,β-unsaturated/α-hetero) is 1. The number of rotatable bonds is 1. The molecular weight excluding hydrogens is 228 g/mol. The lowest BCUT2D eigenvalue weighted by atomic mass is 9.80. The molecule has 0 bridgehead atoms. The van der Waals surface area contributed by atoms with E-state index in [4.69, 9.17) is 4.42 Å². The Morgan fingerprint density at radius 1 is 1.33 bits per heavy atom. The van der Waals surface area contributed by atoms with Gasteiger partial charge in [0.15, 0.2) is 0 Å². The van der Waals surface area contributed by atoms with Gasteiger partial charge in [-0.3, -0.25) is 4.79 Å². The third-order valence-electron chi connectivity index (χ3n) is 3.71. The van der Waals surface area contributed by atoms with Gasteiger partial charge >= 0.3 is 5.63 Å². The molecule has 0 saturated carbocycles. The van der Waals surface area contributed by atoms with Crippen molar-refractivity contribution < 1.29 is 9.21 Å². The molecule has 3 nitrogen and oxygen atoms in total. The first kappa shape index (κ1) is 11.2. The smallest absolute Gasteiger partial charge is 0.339 e. The van der Waals surface area contributed by atoms with E-state index in [1.165, 1.54) is 0 Å². The topological polar surface area (TPSA) is 47.3 Å². The van der Waals surface area contributed by atoms with Crippen molar-refractivity contribution >= 4 is 16.8 Å². The van der Waals surface area contributed by atoms with Crippen LogP contribution >= 0.6 is 0 Å². The first-order valence-electron chi connectivity index (χ1n) is 6.23. The molecule has 3 rings (SSSR count). The average Bonchev–Trinajstić information content (AvgIpc) is 2.38. The highest BCUT2D eigenvalue weighted by atomic mass is 16.4. The molecule has 0 spiro atoms. The predicted octanol–water partition coefficient (Wildman–Crippen LogP) is 2.80. The van der Waals surface area contributed by atoms with E-state index in [2.05, 4.69) is 0 Å². The van der Waals surface area contributed by atoms with Crippen LogP contribution in [0, 0.1) is 0 Å².